The lowest BCUT2D eigenvalue weighted by atomic mass is 9.93. The third-order valence-corrected chi connectivity index (χ3v) is 4.99. The fourth-order valence-corrected chi connectivity index (χ4v) is 3.62. The Morgan fingerprint density at radius 3 is 2.52 bits per heavy atom. The standard InChI is InChI=1S/C18H26O2S/c1-13(17(19)21-18(2,3)4)15-11-8-12-16(20-15)14-9-6-5-7-10-14/h5-7,9-10,13,15-16H,8,11-12H2,1-4H3/t13-,15+,16+/m0/s1. The molecule has 116 valence electrons. The number of benzene rings is 1. The monoisotopic (exact) mass is 306 g/mol. The van der Waals surface area contributed by atoms with Crippen LogP contribution in [0.2, 0.25) is 0 Å². The van der Waals surface area contributed by atoms with Crippen molar-refractivity contribution in [2.75, 3.05) is 0 Å². The molecular weight excluding hydrogens is 280 g/mol. The average molecular weight is 306 g/mol. The highest BCUT2D eigenvalue weighted by atomic mass is 32.2. The van der Waals surface area contributed by atoms with Gasteiger partial charge in [-0.2, -0.15) is 0 Å². The molecule has 3 heteroatoms. The van der Waals surface area contributed by atoms with Crippen LogP contribution in [0, 0.1) is 5.92 Å². The maximum absolute atomic E-state index is 12.4. The van der Waals surface area contributed by atoms with Gasteiger partial charge < -0.3 is 4.74 Å². The first-order valence-corrected chi connectivity index (χ1v) is 8.62. The molecule has 0 unspecified atom stereocenters. The summed E-state index contributed by atoms with van der Waals surface area (Å²) in [6.45, 7) is 8.25. The molecule has 3 atom stereocenters. The zero-order valence-corrected chi connectivity index (χ0v) is 14.3. The van der Waals surface area contributed by atoms with Crippen molar-refractivity contribution in [3.63, 3.8) is 0 Å². The van der Waals surface area contributed by atoms with Gasteiger partial charge in [0, 0.05) is 4.75 Å². The van der Waals surface area contributed by atoms with Gasteiger partial charge in [0.2, 0.25) is 0 Å². The lowest BCUT2D eigenvalue weighted by molar-refractivity contribution is -0.125. The van der Waals surface area contributed by atoms with E-state index < -0.39 is 0 Å². The molecule has 0 saturated carbocycles. The predicted molar refractivity (Wildman–Crippen MR) is 89.4 cm³/mol. The molecule has 0 bridgehead atoms. The van der Waals surface area contributed by atoms with Crippen molar-refractivity contribution in [3.05, 3.63) is 35.9 Å². The SMILES string of the molecule is C[C@H](C(=O)SC(C)(C)C)[C@H]1CCC[C@H](c2ccccc2)O1. The van der Waals surface area contributed by atoms with E-state index in [1.165, 1.54) is 17.3 Å². The van der Waals surface area contributed by atoms with Gasteiger partial charge in [-0.05, 0) is 24.8 Å². The summed E-state index contributed by atoms with van der Waals surface area (Å²) in [5, 5.41) is 0.251. The minimum absolute atomic E-state index is 0.0289. The molecule has 21 heavy (non-hydrogen) atoms. The van der Waals surface area contributed by atoms with Crippen LogP contribution in [0.1, 0.15) is 58.6 Å². The van der Waals surface area contributed by atoms with Gasteiger partial charge in [-0.15, -0.1) is 0 Å². The summed E-state index contributed by atoms with van der Waals surface area (Å²) in [5.74, 6) is -0.0410. The number of carbonyl (C=O) groups is 1. The van der Waals surface area contributed by atoms with Gasteiger partial charge in [-0.25, -0.2) is 0 Å². The minimum atomic E-state index is -0.0410. The Balaban J connectivity index is 1.99. The summed E-state index contributed by atoms with van der Waals surface area (Å²) in [6.07, 6.45) is 3.35. The Bertz CT molecular complexity index is 464. The lowest BCUT2D eigenvalue weighted by Crippen LogP contribution is -2.33. The molecule has 0 amide bonds. The van der Waals surface area contributed by atoms with Crippen molar-refractivity contribution >= 4 is 16.9 Å². The van der Waals surface area contributed by atoms with Crippen molar-refractivity contribution in [3.8, 4) is 0 Å². The number of rotatable bonds is 3. The van der Waals surface area contributed by atoms with E-state index in [4.69, 9.17) is 4.74 Å². The molecule has 2 rings (SSSR count). The Morgan fingerprint density at radius 1 is 1.24 bits per heavy atom. The highest BCUT2D eigenvalue weighted by Gasteiger charge is 2.33. The van der Waals surface area contributed by atoms with Gasteiger partial charge in [0.15, 0.2) is 5.12 Å². The van der Waals surface area contributed by atoms with Gasteiger partial charge in [-0.3, -0.25) is 4.79 Å². The molecule has 1 aromatic rings. The van der Waals surface area contributed by atoms with E-state index in [0.29, 0.717) is 0 Å². The summed E-state index contributed by atoms with van der Waals surface area (Å²) in [6, 6.07) is 10.3. The highest BCUT2D eigenvalue weighted by molar-refractivity contribution is 8.14. The summed E-state index contributed by atoms with van der Waals surface area (Å²) in [7, 11) is 0. The van der Waals surface area contributed by atoms with Crippen LogP contribution in [0.5, 0.6) is 0 Å². The molecule has 1 saturated heterocycles. The number of ether oxygens (including phenoxy) is 1. The third-order valence-electron chi connectivity index (χ3n) is 3.80. The minimum Gasteiger partial charge on any atom is -0.370 e. The van der Waals surface area contributed by atoms with Gasteiger partial charge >= 0.3 is 0 Å². The smallest absolute Gasteiger partial charge is 0.194 e. The first kappa shape index (κ1) is 16.6. The molecule has 0 radical (unpaired) electrons. The van der Waals surface area contributed by atoms with Crippen molar-refractivity contribution in [1.82, 2.24) is 0 Å². The number of thioether (sulfide) groups is 1. The topological polar surface area (TPSA) is 26.3 Å². The highest BCUT2D eigenvalue weighted by Crippen LogP contribution is 2.36. The number of hydrogen-bond acceptors (Lipinski definition) is 3. The van der Waals surface area contributed by atoms with Crippen LogP contribution < -0.4 is 0 Å². The first-order valence-electron chi connectivity index (χ1n) is 7.80. The molecule has 1 fully saturated rings. The van der Waals surface area contributed by atoms with Crippen molar-refractivity contribution in [2.45, 2.75) is 63.9 Å². The maximum atomic E-state index is 12.4. The van der Waals surface area contributed by atoms with E-state index in [1.807, 2.05) is 25.1 Å². The quantitative estimate of drug-likeness (QED) is 0.787. The zero-order valence-electron chi connectivity index (χ0n) is 13.5. The molecule has 0 spiro atoms. The summed E-state index contributed by atoms with van der Waals surface area (Å²) in [4.78, 5) is 12.4. The van der Waals surface area contributed by atoms with Crippen molar-refractivity contribution in [1.29, 1.82) is 0 Å². The van der Waals surface area contributed by atoms with Crippen molar-refractivity contribution in [2.24, 2.45) is 5.92 Å². The van der Waals surface area contributed by atoms with Crippen LogP contribution in [-0.4, -0.2) is 16.0 Å². The van der Waals surface area contributed by atoms with E-state index in [0.717, 1.165) is 19.3 Å². The van der Waals surface area contributed by atoms with Crippen molar-refractivity contribution < 1.29 is 9.53 Å². The van der Waals surface area contributed by atoms with Crippen LogP contribution in [0.3, 0.4) is 0 Å². The average Bonchev–Trinajstić information content (AvgIpc) is 2.46. The molecular formula is C18H26O2S. The zero-order chi connectivity index (χ0) is 15.5. The van der Waals surface area contributed by atoms with Crippen LogP contribution >= 0.6 is 11.8 Å². The normalized spacial score (nSPS) is 24.6. The summed E-state index contributed by atoms with van der Waals surface area (Å²) < 4.78 is 6.21. The number of carbonyl (C=O) groups excluding carboxylic acids is 1. The Hall–Kier alpha value is -0.800. The van der Waals surface area contributed by atoms with E-state index >= 15 is 0 Å². The van der Waals surface area contributed by atoms with Crippen LogP contribution in [0.15, 0.2) is 30.3 Å². The lowest BCUT2D eigenvalue weighted by Gasteiger charge is -2.34. The second-order valence-electron chi connectivity index (χ2n) is 6.83. The fraction of sp³-hybridized carbons (Fsp3) is 0.611. The molecule has 0 aromatic heterocycles. The van der Waals surface area contributed by atoms with E-state index in [2.05, 4.69) is 32.9 Å². The molecule has 2 nitrogen and oxygen atoms in total. The molecule has 1 aliphatic heterocycles. The Labute approximate surface area is 132 Å². The Kier molecular flexibility index (Phi) is 5.50. The van der Waals surface area contributed by atoms with Gasteiger partial charge in [0.05, 0.1) is 18.1 Å². The predicted octanol–water partition coefficient (Wildman–Crippen LogP) is 4.99. The van der Waals surface area contributed by atoms with Gasteiger partial charge in [-0.1, -0.05) is 69.8 Å². The van der Waals surface area contributed by atoms with E-state index in [-0.39, 0.29) is 28.0 Å². The number of hydrogen-bond donors (Lipinski definition) is 0. The van der Waals surface area contributed by atoms with Crippen LogP contribution in [-0.2, 0) is 9.53 Å². The summed E-state index contributed by atoms with van der Waals surface area (Å²) >= 11 is 1.44. The third kappa shape index (κ3) is 4.86. The molecule has 1 aromatic carbocycles. The first-order chi connectivity index (χ1) is 9.87. The molecule has 0 aliphatic carbocycles. The van der Waals surface area contributed by atoms with E-state index in [1.54, 1.807) is 0 Å². The van der Waals surface area contributed by atoms with Crippen LogP contribution in [0.25, 0.3) is 0 Å². The Morgan fingerprint density at radius 2 is 1.90 bits per heavy atom. The van der Waals surface area contributed by atoms with Gasteiger partial charge in [0.1, 0.15) is 0 Å². The summed E-state index contributed by atoms with van der Waals surface area (Å²) in [5.41, 5.74) is 1.23. The maximum Gasteiger partial charge on any atom is 0.194 e. The van der Waals surface area contributed by atoms with E-state index in [9.17, 15) is 4.79 Å². The second-order valence-corrected chi connectivity index (χ2v) is 8.66. The van der Waals surface area contributed by atoms with Crippen LogP contribution in [0.4, 0.5) is 0 Å². The molecule has 0 N–H and O–H groups in total. The largest absolute Gasteiger partial charge is 0.370 e. The fourth-order valence-electron chi connectivity index (χ4n) is 2.68. The second kappa shape index (κ2) is 6.97. The molecule has 1 heterocycles. The molecule has 1 aliphatic rings. The van der Waals surface area contributed by atoms with Gasteiger partial charge in [0.25, 0.3) is 0 Å².